The van der Waals surface area contributed by atoms with Crippen molar-refractivity contribution in [2.45, 2.75) is 39.8 Å². The van der Waals surface area contributed by atoms with E-state index in [0.29, 0.717) is 29.1 Å². The summed E-state index contributed by atoms with van der Waals surface area (Å²) < 4.78 is 13.2. The molecule has 39 heavy (non-hydrogen) atoms. The summed E-state index contributed by atoms with van der Waals surface area (Å²) in [6.07, 6.45) is 1.82. The summed E-state index contributed by atoms with van der Waals surface area (Å²) in [6.45, 7) is 9.58. The number of anilines is 1. The number of methoxy groups -OCH3 is 1. The smallest absolute Gasteiger partial charge is 0.174 e. The van der Waals surface area contributed by atoms with E-state index in [-0.39, 0.29) is 12.1 Å². The van der Waals surface area contributed by atoms with E-state index in [4.69, 9.17) is 38.3 Å². The Kier molecular flexibility index (Phi) is 7.93. The molecule has 0 saturated carbocycles. The fourth-order valence-corrected chi connectivity index (χ4v) is 5.95. The van der Waals surface area contributed by atoms with Crippen LogP contribution in [0.25, 0.3) is 5.69 Å². The molecule has 2 atom stereocenters. The number of nitrogens with zero attached hydrogens (tertiary/aromatic N) is 3. The number of pyridine rings is 1. The van der Waals surface area contributed by atoms with Gasteiger partial charge >= 0.3 is 0 Å². The van der Waals surface area contributed by atoms with Gasteiger partial charge in [-0.2, -0.15) is 0 Å². The summed E-state index contributed by atoms with van der Waals surface area (Å²) in [5.74, 6) is 0.612. The Balaban J connectivity index is 1.62. The molecule has 1 aliphatic rings. The standard InChI is InChI=1S/C31H33ClN4O2S/c1-19-9-8-11-27(21(19)3)35-20(2)17-24(22(35)4)30-29(26-10-6-7-14-33-26)34-31(39)36(30)23-12-13-28(25(32)18-23)38-16-15-37-5/h6-14,17-18,29-30H,15-16H2,1-5H3,(H,34,39)/t29-,30-/m1/s1. The van der Waals surface area contributed by atoms with Crippen LogP contribution >= 0.6 is 23.8 Å². The molecule has 1 fully saturated rings. The molecule has 202 valence electrons. The van der Waals surface area contributed by atoms with Crippen molar-refractivity contribution in [1.82, 2.24) is 14.9 Å². The summed E-state index contributed by atoms with van der Waals surface area (Å²) in [6, 6.07) is 20.2. The van der Waals surface area contributed by atoms with Crippen molar-refractivity contribution in [3.8, 4) is 11.4 Å². The first-order valence-electron chi connectivity index (χ1n) is 13.0. The monoisotopic (exact) mass is 560 g/mol. The summed E-state index contributed by atoms with van der Waals surface area (Å²) in [5.41, 5.74) is 9.02. The molecule has 0 aliphatic carbocycles. The number of hydrogen-bond acceptors (Lipinski definition) is 4. The van der Waals surface area contributed by atoms with Crippen molar-refractivity contribution in [1.29, 1.82) is 0 Å². The number of rotatable bonds is 8. The zero-order valence-electron chi connectivity index (χ0n) is 22.9. The first-order chi connectivity index (χ1) is 18.8. The second-order valence-corrected chi connectivity index (χ2v) is 10.6. The van der Waals surface area contributed by atoms with Crippen LogP contribution in [0, 0.1) is 27.7 Å². The molecule has 0 radical (unpaired) electrons. The molecule has 0 unspecified atom stereocenters. The van der Waals surface area contributed by atoms with E-state index in [1.165, 1.54) is 22.4 Å². The largest absolute Gasteiger partial charge is 0.490 e. The molecule has 0 amide bonds. The van der Waals surface area contributed by atoms with Crippen LogP contribution in [0.5, 0.6) is 5.75 Å². The zero-order valence-corrected chi connectivity index (χ0v) is 24.4. The molecular weight excluding hydrogens is 528 g/mol. The lowest BCUT2D eigenvalue weighted by molar-refractivity contribution is 0.146. The Morgan fingerprint density at radius 3 is 2.54 bits per heavy atom. The molecule has 6 nitrogen and oxygen atoms in total. The van der Waals surface area contributed by atoms with Crippen LogP contribution in [0.2, 0.25) is 5.02 Å². The van der Waals surface area contributed by atoms with Crippen LogP contribution in [-0.2, 0) is 4.74 Å². The van der Waals surface area contributed by atoms with Crippen molar-refractivity contribution in [2.75, 3.05) is 25.2 Å². The number of thiocarbonyl (C=S) groups is 1. The molecular formula is C31H33ClN4O2S. The Morgan fingerprint density at radius 1 is 1.00 bits per heavy atom. The third-order valence-corrected chi connectivity index (χ3v) is 8.05. The van der Waals surface area contributed by atoms with Gasteiger partial charge in [0.25, 0.3) is 0 Å². The quantitative estimate of drug-likeness (QED) is 0.186. The van der Waals surface area contributed by atoms with Crippen LogP contribution in [0.4, 0.5) is 5.69 Å². The second kappa shape index (κ2) is 11.4. The molecule has 5 rings (SSSR count). The summed E-state index contributed by atoms with van der Waals surface area (Å²) in [4.78, 5) is 6.85. The van der Waals surface area contributed by atoms with Gasteiger partial charge in [0.05, 0.1) is 29.4 Å². The van der Waals surface area contributed by atoms with Gasteiger partial charge in [-0.15, -0.1) is 0 Å². The van der Waals surface area contributed by atoms with Crippen LogP contribution < -0.4 is 15.0 Å². The second-order valence-electron chi connectivity index (χ2n) is 9.83. The summed E-state index contributed by atoms with van der Waals surface area (Å²) >= 11 is 12.6. The Hall–Kier alpha value is -3.39. The van der Waals surface area contributed by atoms with E-state index in [1.54, 1.807) is 7.11 Å². The SMILES string of the molecule is COCCOc1ccc(N2C(=S)N[C@H](c3ccccn3)[C@H]2c2cc(C)n(-c3cccc(C)c3C)c2C)cc1Cl. The van der Waals surface area contributed by atoms with E-state index >= 15 is 0 Å². The van der Waals surface area contributed by atoms with Crippen molar-refractivity contribution in [2.24, 2.45) is 0 Å². The van der Waals surface area contributed by atoms with E-state index in [0.717, 1.165) is 22.8 Å². The van der Waals surface area contributed by atoms with Crippen molar-refractivity contribution in [3.05, 3.63) is 106 Å². The van der Waals surface area contributed by atoms with Gasteiger partial charge in [-0.05, 0) is 99.1 Å². The van der Waals surface area contributed by atoms with E-state index in [1.807, 2.05) is 42.6 Å². The topological polar surface area (TPSA) is 51.6 Å². The lowest BCUT2D eigenvalue weighted by Gasteiger charge is -2.28. The molecule has 1 N–H and O–H groups in total. The highest BCUT2D eigenvalue weighted by molar-refractivity contribution is 7.80. The summed E-state index contributed by atoms with van der Waals surface area (Å²) in [5, 5.41) is 4.70. The number of ether oxygens (including phenoxy) is 2. The predicted molar refractivity (Wildman–Crippen MR) is 161 cm³/mol. The van der Waals surface area contributed by atoms with Crippen LogP contribution in [0.15, 0.2) is 66.9 Å². The van der Waals surface area contributed by atoms with Crippen molar-refractivity contribution in [3.63, 3.8) is 0 Å². The Morgan fingerprint density at radius 2 is 1.82 bits per heavy atom. The average molecular weight is 561 g/mol. The van der Waals surface area contributed by atoms with Gasteiger partial charge < -0.3 is 24.3 Å². The lowest BCUT2D eigenvalue weighted by Crippen LogP contribution is -2.29. The number of halogens is 1. The minimum Gasteiger partial charge on any atom is -0.490 e. The minimum atomic E-state index is -0.150. The Bertz CT molecular complexity index is 1500. The van der Waals surface area contributed by atoms with Gasteiger partial charge in [0.2, 0.25) is 0 Å². The van der Waals surface area contributed by atoms with Gasteiger partial charge in [0.1, 0.15) is 12.4 Å². The number of nitrogens with one attached hydrogen (secondary N) is 1. The van der Waals surface area contributed by atoms with Crippen LogP contribution in [0.3, 0.4) is 0 Å². The fourth-order valence-electron chi connectivity index (χ4n) is 5.38. The number of aromatic nitrogens is 2. The highest BCUT2D eigenvalue weighted by Gasteiger charge is 2.42. The van der Waals surface area contributed by atoms with Gasteiger partial charge in [-0.1, -0.05) is 29.8 Å². The first-order valence-corrected chi connectivity index (χ1v) is 13.8. The van der Waals surface area contributed by atoms with Gasteiger partial charge in [0, 0.05) is 36.1 Å². The average Bonchev–Trinajstić information content (AvgIpc) is 3.42. The van der Waals surface area contributed by atoms with Crippen molar-refractivity contribution < 1.29 is 9.47 Å². The molecule has 2 aromatic carbocycles. The third-order valence-electron chi connectivity index (χ3n) is 7.44. The number of benzene rings is 2. The summed E-state index contributed by atoms with van der Waals surface area (Å²) in [7, 11) is 1.64. The van der Waals surface area contributed by atoms with Gasteiger partial charge in [0.15, 0.2) is 5.11 Å². The molecule has 0 spiro atoms. The third kappa shape index (κ3) is 5.14. The molecule has 0 bridgehead atoms. The number of hydrogen-bond donors (Lipinski definition) is 1. The van der Waals surface area contributed by atoms with E-state index in [9.17, 15) is 0 Å². The molecule has 8 heteroatoms. The minimum absolute atomic E-state index is 0.145. The zero-order chi connectivity index (χ0) is 27.7. The fraction of sp³-hybridized carbons (Fsp3) is 0.290. The molecule has 3 heterocycles. The van der Waals surface area contributed by atoms with Crippen LogP contribution in [0.1, 0.15) is 45.9 Å². The first kappa shape index (κ1) is 27.2. The normalized spacial score (nSPS) is 17.0. The van der Waals surface area contributed by atoms with Gasteiger partial charge in [-0.3, -0.25) is 4.98 Å². The molecule has 4 aromatic rings. The van der Waals surface area contributed by atoms with Crippen molar-refractivity contribution >= 4 is 34.6 Å². The maximum atomic E-state index is 6.68. The highest BCUT2D eigenvalue weighted by atomic mass is 35.5. The van der Waals surface area contributed by atoms with E-state index < -0.39 is 0 Å². The lowest BCUT2D eigenvalue weighted by atomic mass is 9.96. The predicted octanol–water partition coefficient (Wildman–Crippen LogP) is 6.96. The van der Waals surface area contributed by atoms with Gasteiger partial charge in [-0.25, -0.2) is 0 Å². The molecule has 1 saturated heterocycles. The maximum absolute atomic E-state index is 6.68. The number of aryl methyl sites for hydroxylation is 2. The maximum Gasteiger partial charge on any atom is 0.174 e. The van der Waals surface area contributed by atoms with E-state index in [2.05, 4.69) is 66.7 Å². The highest BCUT2D eigenvalue weighted by Crippen LogP contribution is 2.45. The molecule has 1 aliphatic heterocycles. The Labute approximate surface area is 240 Å². The van der Waals surface area contributed by atoms with Crippen LogP contribution in [-0.4, -0.2) is 35.0 Å². The molecule has 2 aromatic heterocycles.